The summed E-state index contributed by atoms with van der Waals surface area (Å²) in [6, 6.07) is 3.11. The first-order valence-corrected chi connectivity index (χ1v) is 8.12. The normalized spacial score (nSPS) is 17.7. The number of rotatable bonds is 2. The van der Waals surface area contributed by atoms with Crippen LogP contribution in [0.3, 0.4) is 0 Å². The molecule has 1 aromatic carbocycles. The lowest BCUT2D eigenvalue weighted by molar-refractivity contribution is -0.167. The number of benzene rings is 1. The van der Waals surface area contributed by atoms with Crippen LogP contribution in [0.1, 0.15) is 24.8 Å². The molecule has 124 valence electrons. The number of halogens is 5. The van der Waals surface area contributed by atoms with E-state index in [0.29, 0.717) is 27.4 Å². The van der Waals surface area contributed by atoms with E-state index in [-0.39, 0.29) is 17.7 Å². The molecule has 23 heavy (non-hydrogen) atoms. The number of carbonyl (C=O) groups is 1. The van der Waals surface area contributed by atoms with Gasteiger partial charge in [-0.25, -0.2) is 0 Å². The Balaban J connectivity index is 2.45. The number of alkyl halides is 3. The summed E-state index contributed by atoms with van der Waals surface area (Å²) in [5, 5.41) is 19.7. The standard InChI is InChI=1S/C15H11Br2F3O3/c16-10-5-7(6-11(17)13(10)22)4-8-2-1-3-9(12(8)21)14(23)15(18,19)20/h4-6,21-22H,1-3H2/b8-4+. The third-order valence-corrected chi connectivity index (χ3v) is 4.58. The molecule has 0 spiro atoms. The van der Waals surface area contributed by atoms with Crippen LogP contribution in [0.25, 0.3) is 6.08 Å². The average molecular weight is 456 g/mol. The molecule has 0 aliphatic heterocycles. The molecular formula is C15H11Br2F3O3. The summed E-state index contributed by atoms with van der Waals surface area (Å²) in [5.74, 6) is -2.63. The van der Waals surface area contributed by atoms with Gasteiger partial charge < -0.3 is 10.2 Å². The third kappa shape index (κ3) is 3.98. The molecule has 8 heteroatoms. The summed E-state index contributed by atoms with van der Waals surface area (Å²) in [6.07, 6.45) is -2.92. The largest absolute Gasteiger partial charge is 0.507 e. The molecule has 2 N–H and O–H groups in total. The van der Waals surface area contributed by atoms with Crippen LogP contribution in [0.4, 0.5) is 13.2 Å². The monoisotopic (exact) mass is 454 g/mol. The minimum atomic E-state index is -5.00. The van der Waals surface area contributed by atoms with Crippen molar-refractivity contribution < 1.29 is 28.2 Å². The van der Waals surface area contributed by atoms with Crippen molar-refractivity contribution in [1.82, 2.24) is 0 Å². The van der Waals surface area contributed by atoms with Crippen LogP contribution in [-0.2, 0) is 4.79 Å². The van der Waals surface area contributed by atoms with Crippen LogP contribution < -0.4 is 0 Å². The molecule has 1 aliphatic carbocycles. The minimum absolute atomic E-state index is 0.0107. The van der Waals surface area contributed by atoms with Crippen molar-refractivity contribution in [2.75, 3.05) is 0 Å². The van der Waals surface area contributed by atoms with Gasteiger partial charge in [0.25, 0.3) is 5.78 Å². The Kier molecular flexibility index (Phi) is 5.25. The summed E-state index contributed by atoms with van der Waals surface area (Å²) >= 11 is 6.30. The van der Waals surface area contributed by atoms with Crippen molar-refractivity contribution in [1.29, 1.82) is 0 Å². The lowest BCUT2D eigenvalue weighted by Gasteiger charge is -2.19. The number of phenols is 1. The highest BCUT2D eigenvalue weighted by Gasteiger charge is 2.42. The van der Waals surface area contributed by atoms with E-state index in [1.54, 1.807) is 12.1 Å². The Labute approximate surface area is 146 Å². The number of Topliss-reactive ketones (excluding diaryl/α,β-unsaturated/α-hetero) is 1. The van der Waals surface area contributed by atoms with Gasteiger partial charge in [0, 0.05) is 5.57 Å². The van der Waals surface area contributed by atoms with Crippen molar-refractivity contribution in [3.8, 4) is 5.75 Å². The fourth-order valence-corrected chi connectivity index (χ4v) is 3.51. The molecule has 0 radical (unpaired) electrons. The third-order valence-electron chi connectivity index (χ3n) is 3.37. The predicted octanol–water partition coefficient (Wildman–Crippen LogP) is 5.43. The Bertz CT molecular complexity index is 698. The van der Waals surface area contributed by atoms with E-state index < -0.39 is 23.3 Å². The molecular weight excluding hydrogens is 445 g/mol. The number of carbonyl (C=O) groups excluding carboxylic acids is 1. The van der Waals surface area contributed by atoms with E-state index in [0.717, 1.165) is 0 Å². The van der Waals surface area contributed by atoms with Crippen molar-refractivity contribution in [3.63, 3.8) is 0 Å². The number of ketones is 1. The second kappa shape index (κ2) is 6.68. The van der Waals surface area contributed by atoms with E-state index in [1.165, 1.54) is 6.08 Å². The van der Waals surface area contributed by atoms with E-state index in [9.17, 15) is 28.2 Å². The number of aliphatic hydroxyl groups excluding tert-OH is 1. The number of phenolic OH excluding ortho intramolecular Hbond substituents is 1. The summed E-state index contributed by atoms with van der Waals surface area (Å²) in [5.41, 5.74) is 0.212. The molecule has 1 aromatic rings. The van der Waals surface area contributed by atoms with E-state index in [2.05, 4.69) is 31.9 Å². The van der Waals surface area contributed by atoms with Gasteiger partial charge in [-0.3, -0.25) is 4.79 Å². The minimum Gasteiger partial charge on any atom is -0.507 e. The van der Waals surface area contributed by atoms with Gasteiger partial charge >= 0.3 is 6.18 Å². The quantitative estimate of drug-likeness (QED) is 0.625. The van der Waals surface area contributed by atoms with Gasteiger partial charge in [-0.1, -0.05) is 0 Å². The van der Waals surface area contributed by atoms with Crippen molar-refractivity contribution >= 4 is 43.7 Å². The molecule has 0 atom stereocenters. The Morgan fingerprint density at radius 2 is 1.70 bits per heavy atom. The zero-order chi connectivity index (χ0) is 17.4. The Hall–Kier alpha value is -1.28. The topological polar surface area (TPSA) is 57.5 Å². The molecule has 0 aromatic heterocycles. The van der Waals surface area contributed by atoms with Crippen molar-refractivity contribution in [2.45, 2.75) is 25.4 Å². The van der Waals surface area contributed by atoms with Crippen LogP contribution in [0, 0.1) is 0 Å². The summed E-state index contributed by atoms with van der Waals surface area (Å²) in [7, 11) is 0. The number of aliphatic hydroxyl groups is 1. The van der Waals surface area contributed by atoms with E-state index in [4.69, 9.17) is 0 Å². The molecule has 0 saturated heterocycles. The highest BCUT2D eigenvalue weighted by atomic mass is 79.9. The first-order chi connectivity index (χ1) is 10.6. The maximum absolute atomic E-state index is 12.6. The van der Waals surface area contributed by atoms with Crippen LogP contribution in [0.2, 0.25) is 0 Å². The van der Waals surface area contributed by atoms with Gasteiger partial charge in [0.15, 0.2) is 0 Å². The van der Waals surface area contributed by atoms with Crippen molar-refractivity contribution in [3.05, 3.63) is 43.5 Å². The second-order valence-corrected chi connectivity index (χ2v) is 6.72. The molecule has 2 rings (SSSR count). The van der Waals surface area contributed by atoms with E-state index >= 15 is 0 Å². The fourth-order valence-electron chi connectivity index (χ4n) is 2.29. The summed E-state index contributed by atoms with van der Waals surface area (Å²) < 4.78 is 38.5. The van der Waals surface area contributed by atoms with Crippen molar-refractivity contribution in [2.24, 2.45) is 0 Å². The molecule has 0 heterocycles. The number of aromatic hydroxyl groups is 1. The SMILES string of the molecule is O=C(C1=C(O)/C(=C/c2cc(Br)c(O)c(Br)c2)CCC1)C(F)(F)F. The van der Waals surface area contributed by atoms with Gasteiger partial charge in [0.1, 0.15) is 11.5 Å². The summed E-state index contributed by atoms with van der Waals surface area (Å²) in [4.78, 5) is 11.4. The molecule has 1 aliphatic rings. The number of hydrogen-bond acceptors (Lipinski definition) is 3. The van der Waals surface area contributed by atoms with Gasteiger partial charge in [-0.05, 0) is 80.5 Å². The number of hydrogen-bond donors (Lipinski definition) is 2. The Morgan fingerprint density at radius 1 is 1.13 bits per heavy atom. The summed E-state index contributed by atoms with van der Waals surface area (Å²) in [6.45, 7) is 0. The molecule has 0 bridgehead atoms. The maximum atomic E-state index is 12.6. The van der Waals surface area contributed by atoms with Gasteiger partial charge in [0.05, 0.1) is 8.95 Å². The maximum Gasteiger partial charge on any atom is 0.454 e. The van der Waals surface area contributed by atoms with Gasteiger partial charge in [-0.15, -0.1) is 0 Å². The highest BCUT2D eigenvalue weighted by molar-refractivity contribution is 9.11. The second-order valence-electron chi connectivity index (χ2n) is 5.01. The smallest absolute Gasteiger partial charge is 0.454 e. The van der Waals surface area contributed by atoms with Gasteiger partial charge in [-0.2, -0.15) is 13.2 Å². The number of allylic oxidation sites excluding steroid dienone is 2. The fraction of sp³-hybridized carbons (Fsp3) is 0.267. The van der Waals surface area contributed by atoms with Crippen LogP contribution in [-0.4, -0.2) is 22.2 Å². The van der Waals surface area contributed by atoms with Gasteiger partial charge in [0.2, 0.25) is 0 Å². The Morgan fingerprint density at radius 3 is 2.22 bits per heavy atom. The molecule has 3 nitrogen and oxygen atoms in total. The first-order valence-electron chi connectivity index (χ1n) is 6.54. The lowest BCUT2D eigenvalue weighted by Crippen LogP contribution is -2.27. The molecule has 0 fully saturated rings. The molecule has 0 unspecified atom stereocenters. The van der Waals surface area contributed by atoms with Crippen LogP contribution >= 0.6 is 31.9 Å². The molecule has 0 saturated carbocycles. The van der Waals surface area contributed by atoms with E-state index in [1.807, 2.05) is 0 Å². The molecule has 0 amide bonds. The predicted molar refractivity (Wildman–Crippen MR) is 86.1 cm³/mol. The van der Waals surface area contributed by atoms with Crippen LogP contribution in [0.15, 0.2) is 38.0 Å². The average Bonchev–Trinajstić information content (AvgIpc) is 2.45. The van der Waals surface area contributed by atoms with Crippen LogP contribution in [0.5, 0.6) is 5.75 Å². The zero-order valence-corrected chi connectivity index (χ0v) is 14.7. The zero-order valence-electron chi connectivity index (χ0n) is 11.5. The lowest BCUT2D eigenvalue weighted by atomic mass is 9.89. The highest BCUT2D eigenvalue weighted by Crippen LogP contribution is 2.37. The first kappa shape index (κ1) is 18.1.